The molecular formula is C28H32N2O5S. The molecule has 0 radical (unpaired) electrons. The van der Waals surface area contributed by atoms with Crippen LogP contribution >= 0.6 is 11.3 Å². The van der Waals surface area contributed by atoms with Gasteiger partial charge in [0.15, 0.2) is 5.69 Å². The van der Waals surface area contributed by atoms with E-state index >= 15 is 0 Å². The molecule has 1 aliphatic rings. The number of carboxylic acids is 1. The lowest BCUT2D eigenvalue weighted by molar-refractivity contribution is 0.0218. The fourth-order valence-electron chi connectivity index (χ4n) is 4.90. The minimum atomic E-state index is -1.07. The average molecular weight is 509 g/mol. The van der Waals surface area contributed by atoms with Crippen molar-refractivity contribution in [2.24, 2.45) is 5.92 Å². The molecule has 3 aromatic rings. The van der Waals surface area contributed by atoms with E-state index in [0.717, 1.165) is 0 Å². The number of amides is 1. The quantitative estimate of drug-likeness (QED) is 0.350. The van der Waals surface area contributed by atoms with Gasteiger partial charge in [0.2, 0.25) is 0 Å². The molecule has 7 nitrogen and oxygen atoms in total. The first-order valence-electron chi connectivity index (χ1n) is 12.2. The highest BCUT2D eigenvalue weighted by Gasteiger charge is 2.32. The molecule has 0 aliphatic heterocycles. The molecule has 2 atom stereocenters. The van der Waals surface area contributed by atoms with Gasteiger partial charge in [0.1, 0.15) is 17.7 Å². The molecule has 1 amide bonds. The van der Waals surface area contributed by atoms with Gasteiger partial charge in [-0.25, -0.2) is 14.6 Å². The van der Waals surface area contributed by atoms with Crippen LogP contribution in [-0.4, -0.2) is 53.4 Å². The number of thiazole rings is 1. The molecule has 1 N–H and O–H groups in total. The molecule has 190 valence electrons. The highest BCUT2D eigenvalue weighted by atomic mass is 32.1. The Labute approximate surface area is 215 Å². The maximum atomic E-state index is 13.2. The third-order valence-electron chi connectivity index (χ3n) is 6.73. The fraction of sp³-hybridized carbons (Fsp3) is 0.393. The van der Waals surface area contributed by atoms with Gasteiger partial charge in [-0.1, -0.05) is 62.4 Å². The van der Waals surface area contributed by atoms with E-state index in [1.165, 1.54) is 39.0 Å². The Kier molecular flexibility index (Phi) is 8.06. The van der Waals surface area contributed by atoms with E-state index in [1.54, 1.807) is 11.9 Å². The molecule has 0 saturated heterocycles. The number of carboxylic acid groups (broad SMARTS) is 1. The van der Waals surface area contributed by atoms with Crippen molar-refractivity contribution in [3.8, 4) is 11.1 Å². The van der Waals surface area contributed by atoms with Crippen molar-refractivity contribution in [1.29, 1.82) is 0 Å². The van der Waals surface area contributed by atoms with E-state index in [1.807, 2.05) is 45.0 Å². The molecule has 36 heavy (non-hydrogen) atoms. The van der Waals surface area contributed by atoms with E-state index in [4.69, 9.17) is 9.47 Å². The molecule has 0 fully saturated rings. The van der Waals surface area contributed by atoms with Crippen LogP contribution in [0.5, 0.6) is 0 Å². The zero-order valence-corrected chi connectivity index (χ0v) is 21.8. The Morgan fingerprint density at radius 1 is 1.08 bits per heavy atom. The first kappa shape index (κ1) is 25.9. The van der Waals surface area contributed by atoms with Crippen LogP contribution in [0.4, 0.5) is 4.79 Å². The van der Waals surface area contributed by atoms with Gasteiger partial charge < -0.3 is 19.5 Å². The van der Waals surface area contributed by atoms with Crippen molar-refractivity contribution in [2.75, 3.05) is 20.3 Å². The summed E-state index contributed by atoms with van der Waals surface area (Å²) in [6, 6.07) is 16.3. The number of aromatic nitrogens is 1. The van der Waals surface area contributed by atoms with E-state index in [2.05, 4.69) is 29.2 Å². The summed E-state index contributed by atoms with van der Waals surface area (Å²) in [6.07, 6.45) is -0.320. The van der Waals surface area contributed by atoms with Gasteiger partial charge in [-0.2, -0.15) is 0 Å². The molecule has 1 heterocycles. The molecule has 0 unspecified atom stereocenters. The van der Waals surface area contributed by atoms with Crippen LogP contribution < -0.4 is 0 Å². The molecular weight excluding hydrogens is 476 g/mol. The molecule has 8 heteroatoms. The van der Waals surface area contributed by atoms with Gasteiger partial charge in [-0.3, -0.25) is 0 Å². The van der Waals surface area contributed by atoms with Crippen molar-refractivity contribution < 1.29 is 24.2 Å². The summed E-state index contributed by atoms with van der Waals surface area (Å²) in [5.74, 6) is -0.950. The Hall–Kier alpha value is -3.23. The van der Waals surface area contributed by atoms with E-state index in [9.17, 15) is 14.7 Å². The zero-order chi connectivity index (χ0) is 25.8. The van der Waals surface area contributed by atoms with Gasteiger partial charge >= 0.3 is 12.1 Å². The number of hydrogen-bond donors (Lipinski definition) is 1. The molecule has 0 spiro atoms. The number of benzene rings is 2. The van der Waals surface area contributed by atoms with Gasteiger partial charge in [0.05, 0.1) is 0 Å². The first-order chi connectivity index (χ1) is 17.3. The molecule has 2 aromatic carbocycles. The summed E-state index contributed by atoms with van der Waals surface area (Å²) in [7, 11) is 1.75. The predicted molar refractivity (Wildman–Crippen MR) is 140 cm³/mol. The minimum Gasteiger partial charge on any atom is -0.476 e. The van der Waals surface area contributed by atoms with Crippen LogP contribution in [0.25, 0.3) is 11.1 Å². The SMILES string of the molecule is CCO[C@H](C[C@H](C(C)C)N(C)C(=O)OCC1c2ccccc2-c2ccccc21)c1nc(C(=O)O)cs1. The Bertz CT molecular complexity index is 1180. The molecule has 1 aromatic heterocycles. The lowest BCUT2D eigenvalue weighted by Crippen LogP contribution is -2.42. The second-order valence-corrected chi connectivity index (χ2v) is 10.2. The summed E-state index contributed by atoms with van der Waals surface area (Å²) < 4.78 is 11.8. The number of aromatic carboxylic acids is 1. The Morgan fingerprint density at radius 3 is 2.22 bits per heavy atom. The Balaban J connectivity index is 1.47. The number of nitrogens with zero attached hydrogens (tertiary/aromatic N) is 2. The monoisotopic (exact) mass is 508 g/mol. The number of fused-ring (bicyclic) bond motifs is 3. The van der Waals surface area contributed by atoms with Gasteiger partial charge in [0, 0.05) is 37.4 Å². The van der Waals surface area contributed by atoms with Crippen LogP contribution in [0.15, 0.2) is 53.9 Å². The Morgan fingerprint density at radius 2 is 1.69 bits per heavy atom. The number of ether oxygens (including phenoxy) is 2. The third-order valence-corrected chi connectivity index (χ3v) is 7.67. The van der Waals surface area contributed by atoms with Crippen molar-refractivity contribution in [2.45, 2.75) is 45.3 Å². The smallest absolute Gasteiger partial charge is 0.409 e. The number of carbonyl (C=O) groups excluding carboxylic acids is 1. The lowest BCUT2D eigenvalue weighted by Gasteiger charge is -2.33. The number of rotatable bonds is 10. The average Bonchev–Trinajstić information content (AvgIpc) is 3.48. The van der Waals surface area contributed by atoms with Crippen LogP contribution in [0.1, 0.15) is 65.8 Å². The first-order valence-corrected chi connectivity index (χ1v) is 13.1. The molecule has 0 bridgehead atoms. The standard InChI is InChI=1S/C28H32N2O5S/c1-5-34-25(26-29-23(16-36-26)27(31)32)14-24(17(2)3)30(4)28(33)35-15-22-20-12-8-6-10-18(20)19-11-7-9-13-21(19)22/h6-13,16-17,22,24-25H,5,14-15H2,1-4H3,(H,31,32)/t24-,25-/m1/s1. The second kappa shape index (κ2) is 11.2. The van der Waals surface area contributed by atoms with Crippen molar-refractivity contribution in [3.63, 3.8) is 0 Å². The third kappa shape index (κ3) is 5.29. The summed E-state index contributed by atoms with van der Waals surface area (Å²) in [6.45, 7) is 6.69. The highest BCUT2D eigenvalue weighted by molar-refractivity contribution is 7.09. The maximum absolute atomic E-state index is 13.2. The van der Waals surface area contributed by atoms with Gasteiger partial charge in [-0.05, 0) is 35.1 Å². The minimum absolute atomic E-state index is 0.00527. The molecule has 1 aliphatic carbocycles. The van der Waals surface area contributed by atoms with E-state index in [0.29, 0.717) is 18.0 Å². The summed E-state index contributed by atoms with van der Waals surface area (Å²) in [4.78, 5) is 30.4. The summed E-state index contributed by atoms with van der Waals surface area (Å²) in [5, 5.41) is 11.4. The van der Waals surface area contributed by atoms with E-state index < -0.39 is 18.2 Å². The summed E-state index contributed by atoms with van der Waals surface area (Å²) in [5.41, 5.74) is 4.72. The lowest BCUT2D eigenvalue weighted by atomic mass is 9.96. The maximum Gasteiger partial charge on any atom is 0.409 e. The van der Waals surface area contributed by atoms with Gasteiger partial charge in [-0.15, -0.1) is 11.3 Å². The molecule has 4 rings (SSSR count). The largest absolute Gasteiger partial charge is 0.476 e. The number of carbonyl (C=O) groups is 2. The number of hydrogen-bond acceptors (Lipinski definition) is 6. The van der Waals surface area contributed by atoms with Crippen molar-refractivity contribution in [3.05, 3.63) is 75.7 Å². The van der Waals surface area contributed by atoms with Crippen LogP contribution in [-0.2, 0) is 9.47 Å². The van der Waals surface area contributed by atoms with Crippen LogP contribution in [0.2, 0.25) is 0 Å². The van der Waals surface area contributed by atoms with Crippen LogP contribution in [0, 0.1) is 5.92 Å². The van der Waals surface area contributed by atoms with Gasteiger partial charge in [0.25, 0.3) is 0 Å². The zero-order valence-electron chi connectivity index (χ0n) is 21.0. The molecule has 0 saturated carbocycles. The van der Waals surface area contributed by atoms with Crippen LogP contribution in [0.3, 0.4) is 0 Å². The van der Waals surface area contributed by atoms with E-state index in [-0.39, 0.29) is 30.2 Å². The fourth-order valence-corrected chi connectivity index (χ4v) is 5.76. The normalized spacial score (nSPS) is 14.2. The highest BCUT2D eigenvalue weighted by Crippen LogP contribution is 2.44. The topological polar surface area (TPSA) is 89.0 Å². The predicted octanol–water partition coefficient (Wildman–Crippen LogP) is 6.21. The summed E-state index contributed by atoms with van der Waals surface area (Å²) >= 11 is 1.26. The van der Waals surface area contributed by atoms with Crippen molar-refractivity contribution >= 4 is 23.4 Å². The van der Waals surface area contributed by atoms with Crippen molar-refractivity contribution in [1.82, 2.24) is 9.88 Å². The second-order valence-electron chi connectivity index (χ2n) is 9.28.